The number of carbonyl (C=O) groups is 1. The van der Waals surface area contributed by atoms with E-state index in [-0.39, 0.29) is 6.03 Å². The highest BCUT2D eigenvalue weighted by atomic mass is 35.5. The third-order valence-corrected chi connectivity index (χ3v) is 5.86. The quantitative estimate of drug-likeness (QED) is 0.221. The Hall–Kier alpha value is -3.27. The molecule has 4 N–H and O–H groups in total. The minimum absolute atomic E-state index is 0.340. The van der Waals surface area contributed by atoms with Crippen LogP contribution in [0.4, 0.5) is 27.8 Å². The number of aromatic nitrogens is 4. The minimum atomic E-state index is -0.340. The molecule has 0 fully saturated rings. The maximum Gasteiger partial charge on any atom is 0.323 e. The number of rotatable bonds is 6. The van der Waals surface area contributed by atoms with Crippen LogP contribution in [0.5, 0.6) is 0 Å². The van der Waals surface area contributed by atoms with Gasteiger partial charge in [-0.15, -0.1) is 0 Å². The van der Waals surface area contributed by atoms with Crippen molar-refractivity contribution in [3.8, 4) is 0 Å². The van der Waals surface area contributed by atoms with Gasteiger partial charge < -0.3 is 16.0 Å². The van der Waals surface area contributed by atoms with Crippen molar-refractivity contribution in [1.82, 2.24) is 20.2 Å². The van der Waals surface area contributed by atoms with Crippen LogP contribution >= 0.6 is 35.0 Å². The summed E-state index contributed by atoms with van der Waals surface area (Å²) in [7, 11) is 0. The SMILES string of the molecule is Cc1cc(Nc2cc(Cl)[nH]n2)nc(Sc2ccc(NC(=O)Nc3ccc(Cl)cc3)cc2C)n1. The van der Waals surface area contributed by atoms with Crippen molar-refractivity contribution in [1.29, 1.82) is 0 Å². The zero-order valence-electron chi connectivity index (χ0n) is 17.6. The lowest BCUT2D eigenvalue weighted by atomic mass is 10.2. The molecule has 0 bridgehead atoms. The summed E-state index contributed by atoms with van der Waals surface area (Å²) in [6, 6.07) is 15.7. The summed E-state index contributed by atoms with van der Waals surface area (Å²) in [5.74, 6) is 1.18. The highest BCUT2D eigenvalue weighted by Crippen LogP contribution is 2.31. The van der Waals surface area contributed by atoms with Crippen molar-refractivity contribution in [2.45, 2.75) is 23.9 Å². The summed E-state index contributed by atoms with van der Waals surface area (Å²) in [4.78, 5) is 22.3. The number of carbonyl (C=O) groups excluding carboxylic acids is 1. The van der Waals surface area contributed by atoms with Gasteiger partial charge in [0, 0.05) is 39.1 Å². The molecule has 2 aromatic carbocycles. The number of urea groups is 1. The molecule has 0 aliphatic heterocycles. The fourth-order valence-electron chi connectivity index (χ4n) is 2.91. The maximum absolute atomic E-state index is 12.3. The second kappa shape index (κ2) is 10.1. The number of halogens is 2. The van der Waals surface area contributed by atoms with E-state index in [1.165, 1.54) is 11.8 Å². The van der Waals surface area contributed by atoms with Gasteiger partial charge >= 0.3 is 6.03 Å². The first kappa shape index (κ1) is 22.9. The van der Waals surface area contributed by atoms with Crippen molar-refractivity contribution in [2.24, 2.45) is 0 Å². The Labute approximate surface area is 204 Å². The zero-order chi connectivity index (χ0) is 23.4. The average Bonchev–Trinajstić information content (AvgIpc) is 3.16. The number of aryl methyl sites for hydroxylation is 2. The predicted molar refractivity (Wildman–Crippen MR) is 133 cm³/mol. The van der Waals surface area contributed by atoms with E-state index in [9.17, 15) is 4.79 Å². The molecule has 4 rings (SSSR count). The Morgan fingerprint density at radius 3 is 2.33 bits per heavy atom. The summed E-state index contributed by atoms with van der Waals surface area (Å²) >= 11 is 13.2. The molecule has 0 aliphatic carbocycles. The normalized spacial score (nSPS) is 10.7. The molecule has 33 heavy (non-hydrogen) atoms. The molecular weight excluding hydrogens is 481 g/mol. The van der Waals surface area contributed by atoms with Crippen molar-refractivity contribution < 1.29 is 4.79 Å². The van der Waals surface area contributed by atoms with Crippen LogP contribution in [-0.2, 0) is 0 Å². The molecule has 2 heterocycles. The lowest BCUT2D eigenvalue weighted by Gasteiger charge is -2.11. The van der Waals surface area contributed by atoms with Gasteiger partial charge in [-0.05, 0) is 73.6 Å². The molecule has 168 valence electrons. The Balaban J connectivity index is 1.42. The number of hydrogen-bond acceptors (Lipinski definition) is 6. The van der Waals surface area contributed by atoms with Gasteiger partial charge in [-0.25, -0.2) is 14.8 Å². The molecule has 0 radical (unpaired) electrons. The molecule has 8 nitrogen and oxygen atoms in total. The molecule has 11 heteroatoms. The van der Waals surface area contributed by atoms with E-state index in [1.54, 1.807) is 30.3 Å². The number of amides is 2. The standard InChI is InChI=1S/C22H19Cl2N7OS/c1-12-9-16(27-21(32)26-15-5-3-14(23)4-6-15)7-8-17(12)33-22-25-13(2)10-19(29-22)28-20-11-18(24)30-31-20/h3-11H,1-2H3,(H2,26,27,32)(H2,25,28,29,30,31). The Morgan fingerprint density at radius 1 is 0.909 bits per heavy atom. The second-order valence-corrected chi connectivity index (χ2v) is 8.92. The molecule has 0 aliphatic rings. The van der Waals surface area contributed by atoms with E-state index >= 15 is 0 Å². The lowest BCUT2D eigenvalue weighted by Crippen LogP contribution is -2.19. The first-order valence-electron chi connectivity index (χ1n) is 9.80. The number of benzene rings is 2. The molecule has 0 saturated heterocycles. The number of nitrogens with one attached hydrogen (secondary N) is 4. The first-order valence-corrected chi connectivity index (χ1v) is 11.4. The number of H-pyrrole nitrogens is 1. The molecule has 2 amide bonds. The zero-order valence-corrected chi connectivity index (χ0v) is 19.9. The second-order valence-electron chi connectivity index (χ2n) is 7.07. The van der Waals surface area contributed by atoms with Gasteiger partial charge in [-0.1, -0.05) is 23.2 Å². The van der Waals surface area contributed by atoms with Gasteiger partial charge in [0.15, 0.2) is 11.0 Å². The third kappa shape index (κ3) is 6.38. The van der Waals surface area contributed by atoms with Gasteiger partial charge in [-0.3, -0.25) is 5.10 Å². The van der Waals surface area contributed by atoms with E-state index in [2.05, 4.69) is 36.1 Å². The van der Waals surface area contributed by atoms with E-state index < -0.39 is 0 Å². The van der Waals surface area contributed by atoms with Crippen LogP contribution in [0.2, 0.25) is 10.2 Å². The minimum Gasteiger partial charge on any atom is -0.323 e. The van der Waals surface area contributed by atoms with Gasteiger partial charge in [-0.2, -0.15) is 5.10 Å². The summed E-state index contributed by atoms with van der Waals surface area (Å²) in [5.41, 5.74) is 3.11. The molecule has 0 atom stereocenters. The van der Waals surface area contributed by atoms with E-state index in [0.29, 0.717) is 38.3 Å². The fourth-order valence-corrected chi connectivity index (χ4v) is 4.07. The monoisotopic (exact) mass is 499 g/mol. The number of hydrogen-bond donors (Lipinski definition) is 4. The van der Waals surface area contributed by atoms with Gasteiger partial charge in [0.05, 0.1) is 0 Å². The average molecular weight is 500 g/mol. The highest BCUT2D eigenvalue weighted by molar-refractivity contribution is 7.99. The molecule has 0 saturated carbocycles. The molecule has 4 aromatic rings. The Morgan fingerprint density at radius 2 is 1.64 bits per heavy atom. The Bertz CT molecular complexity index is 1290. The largest absolute Gasteiger partial charge is 0.323 e. The van der Waals surface area contributed by atoms with E-state index in [1.807, 2.05) is 38.1 Å². The molecule has 2 aromatic heterocycles. The number of nitrogens with zero attached hydrogens (tertiary/aromatic N) is 3. The third-order valence-electron chi connectivity index (χ3n) is 4.37. The van der Waals surface area contributed by atoms with Crippen molar-refractivity contribution in [3.63, 3.8) is 0 Å². The summed E-state index contributed by atoms with van der Waals surface area (Å²) in [6.07, 6.45) is 0. The maximum atomic E-state index is 12.3. The highest BCUT2D eigenvalue weighted by Gasteiger charge is 2.10. The van der Waals surface area contributed by atoms with Crippen LogP contribution < -0.4 is 16.0 Å². The van der Waals surface area contributed by atoms with Crippen LogP contribution in [0.3, 0.4) is 0 Å². The van der Waals surface area contributed by atoms with Gasteiger partial charge in [0.25, 0.3) is 0 Å². The molecular formula is C22H19Cl2N7OS. The van der Waals surface area contributed by atoms with Gasteiger partial charge in [0.1, 0.15) is 11.0 Å². The topological polar surface area (TPSA) is 108 Å². The van der Waals surface area contributed by atoms with Crippen molar-refractivity contribution >= 4 is 64.0 Å². The van der Waals surface area contributed by atoms with Gasteiger partial charge in [0.2, 0.25) is 0 Å². The van der Waals surface area contributed by atoms with E-state index in [4.69, 9.17) is 23.2 Å². The Kier molecular flexibility index (Phi) is 7.02. The number of anilines is 4. The predicted octanol–water partition coefficient (Wildman–Crippen LogP) is 6.66. The van der Waals surface area contributed by atoms with Crippen molar-refractivity contribution in [3.05, 3.63) is 76.0 Å². The summed E-state index contributed by atoms with van der Waals surface area (Å²) < 4.78 is 0. The molecule has 0 spiro atoms. The van der Waals surface area contributed by atoms with Crippen LogP contribution in [-0.4, -0.2) is 26.2 Å². The summed E-state index contributed by atoms with van der Waals surface area (Å²) in [5, 5.41) is 17.0. The smallest absolute Gasteiger partial charge is 0.323 e. The van der Waals surface area contributed by atoms with Crippen LogP contribution in [0, 0.1) is 13.8 Å². The van der Waals surface area contributed by atoms with Crippen LogP contribution in [0.25, 0.3) is 0 Å². The van der Waals surface area contributed by atoms with Crippen LogP contribution in [0.1, 0.15) is 11.3 Å². The lowest BCUT2D eigenvalue weighted by molar-refractivity contribution is 0.262. The number of aromatic amines is 1. The van der Waals surface area contributed by atoms with Crippen molar-refractivity contribution in [2.75, 3.05) is 16.0 Å². The fraction of sp³-hybridized carbons (Fsp3) is 0.0909. The first-order chi connectivity index (χ1) is 15.8. The van der Waals surface area contributed by atoms with Crippen LogP contribution in [0.15, 0.2) is 64.6 Å². The summed E-state index contributed by atoms with van der Waals surface area (Å²) in [6.45, 7) is 3.86. The van der Waals surface area contributed by atoms with E-state index in [0.717, 1.165) is 16.2 Å². The molecule has 0 unspecified atom stereocenters.